The molecule has 0 saturated carbocycles. The van der Waals surface area contributed by atoms with Crippen molar-refractivity contribution in [2.45, 2.75) is 12.5 Å². The van der Waals surface area contributed by atoms with Gasteiger partial charge in [-0.15, -0.1) is 0 Å². The summed E-state index contributed by atoms with van der Waals surface area (Å²) in [7, 11) is 0. The molecule has 2 nitrogen and oxygen atoms in total. The van der Waals surface area contributed by atoms with Gasteiger partial charge in [0, 0.05) is 12.2 Å². The predicted molar refractivity (Wildman–Crippen MR) is 51.1 cm³/mol. The fraction of sp³-hybridized carbons (Fsp3) is 0.400. The number of hydrogen-bond donors (Lipinski definition) is 1. The van der Waals surface area contributed by atoms with Crippen LogP contribution in [0.1, 0.15) is 5.56 Å². The summed E-state index contributed by atoms with van der Waals surface area (Å²) >= 11 is 0. The maximum Gasteiger partial charge on any atom is 0.272 e. The molecule has 0 aromatic heterocycles. The topological polar surface area (TPSA) is 29.3 Å². The summed E-state index contributed by atoms with van der Waals surface area (Å²) in [4.78, 5) is 1.71. The number of nitrogens with zero attached hydrogens (tertiary/aromatic N) is 1. The Morgan fingerprint density at radius 1 is 1.21 bits per heavy atom. The number of anilines is 1. The van der Waals surface area contributed by atoms with Crippen molar-refractivity contribution in [3.63, 3.8) is 0 Å². The molecule has 76 valence electrons. The van der Waals surface area contributed by atoms with E-state index in [2.05, 4.69) is 0 Å². The van der Waals surface area contributed by atoms with Crippen molar-refractivity contribution in [1.82, 2.24) is 4.90 Å². The van der Waals surface area contributed by atoms with Crippen LogP contribution >= 0.6 is 0 Å². The predicted octanol–water partition coefficient (Wildman–Crippen LogP) is 1.72. The molecule has 1 heterocycles. The van der Waals surface area contributed by atoms with Crippen LogP contribution in [0.15, 0.2) is 24.3 Å². The molecule has 1 fully saturated rings. The Balaban J connectivity index is 1.90. The van der Waals surface area contributed by atoms with Crippen molar-refractivity contribution in [2.24, 2.45) is 0 Å². The monoisotopic (exact) mass is 198 g/mol. The normalized spacial score (nSPS) is 20.4. The van der Waals surface area contributed by atoms with Crippen LogP contribution in [-0.2, 0) is 6.54 Å². The van der Waals surface area contributed by atoms with Gasteiger partial charge in [-0.05, 0) is 17.7 Å². The molecule has 1 aromatic rings. The van der Waals surface area contributed by atoms with Crippen molar-refractivity contribution < 1.29 is 8.78 Å². The lowest BCUT2D eigenvalue weighted by Gasteiger charge is -2.38. The summed E-state index contributed by atoms with van der Waals surface area (Å²) < 4.78 is 25.0. The zero-order valence-corrected chi connectivity index (χ0v) is 7.71. The first kappa shape index (κ1) is 9.40. The molecular weight excluding hydrogens is 186 g/mol. The van der Waals surface area contributed by atoms with Crippen molar-refractivity contribution >= 4 is 5.69 Å². The zero-order valence-electron chi connectivity index (χ0n) is 7.71. The van der Waals surface area contributed by atoms with E-state index in [0.717, 1.165) is 5.56 Å². The van der Waals surface area contributed by atoms with Crippen LogP contribution in [0.4, 0.5) is 14.5 Å². The molecule has 0 radical (unpaired) electrons. The van der Waals surface area contributed by atoms with Gasteiger partial charge in [0.05, 0.1) is 13.1 Å². The Kier molecular flexibility index (Phi) is 2.15. The van der Waals surface area contributed by atoms with Crippen LogP contribution < -0.4 is 5.73 Å². The summed E-state index contributed by atoms with van der Waals surface area (Å²) in [5.74, 6) is -2.48. The Morgan fingerprint density at radius 2 is 1.79 bits per heavy atom. The number of nitrogens with two attached hydrogens (primary N) is 1. The van der Waals surface area contributed by atoms with E-state index in [4.69, 9.17) is 5.73 Å². The highest BCUT2D eigenvalue weighted by molar-refractivity contribution is 5.39. The van der Waals surface area contributed by atoms with Crippen molar-refractivity contribution in [2.75, 3.05) is 18.8 Å². The molecule has 1 aliphatic rings. The lowest BCUT2D eigenvalue weighted by molar-refractivity contribution is -0.133. The first-order valence-electron chi connectivity index (χ1n) is 4.50. The number of hydrogen-bond acceptors (Lipinski definition) is 2. The van der Waals surface area contributed by atoms with Gasteiger partial charge in [-0.2, -0.15) is 0 Å². The van der Waals surface area contributed by atoms with E-state index in [1.807, 2.05) is 12.1 Å². The molecule has 2 rings (SSSR count). The minimum atomic E-state index is -2.48. The summed E-state index contributed by atoms with van der Waals surface area (Å²) in [6, 6.07) is 7.30. The van der Waals surface area contributed by atoms with Crippen molar-refractivity contribution in [3.8, 4) is 0 Å². The van der Waals surface area contributed by atoms with Gasteiger partial charge in [0.15, 0.2) is 0 Å². The third-order valence-electron chi connectivity index (χ3n) is 2.30. The second-order valence-corrected chi connectivity index (χ2v) is 3.74. The van der Waals surface area contributed by atoms with Gasteiger partial charge in [-0.1, -0.05) is 12.1 Å². The van der Waals surface area contributed by atoms with E-state index in [1.54, 1.807) is 17.0 Å². The van der Waals surface area contributed by atoms with Gasteiger partial charge in [0.25, 0.3) is 5.92 Å². The third kappa shape index (κ3) is 2.01. The SMILES string of the molecule is Nc1ccc(CN2CC(F)(F)C2)cc1. The number of alkyl halides is 2. The lowest BCUT2D eigenvalue weighted by atomic mass is 10.1. The summed E-state index contributed by atoms with van der Waals surface area (Å²) in [6.45, 7) is 0.324. The standard InChI is InChI=1S/C10H12F2N2/c11-10(12)6-14(7-10)5-8-1-3-9(13)4-2-8/h1-4H,5-7,13H2. The third-order valence-corrected chi connectivity index (χ3v) is 2.30. The number of rotatable bonds is 2. The maximum atomic E-state index is 12.5. The highest BCUT2D eigenvalue weighted by atomic mass is 19.3. The zero-order chi connectivity index (χ0) is 10.2. The number of benzene rings is 1. The quantitative estimate of drug-likeness (QED) is 0.733. The van der Waals surface area contributed by atoms with Crippen LogP contribution in [0, 0.1) is 0 Å². The fourth-order valence-electron chi connectivity index (χ4n) is 1.60. The van der Waals surface area contributed by atoms with Gasteiger partial charge < -0.3 is 5.73 Å². The molecule has 0 bridgehead atoms. The molecule has 0 unspecified atom stereocenters. The molecular formula is C10H12F2N2. The number of likely N-dealkylation sites (tertiary alicyclic amines) is 1. The van der Waals surface area contributed by atoms with Crippen molar-refractivity contribution in [3.05, 3.63) is 29.8 Å². The van der Waals surface area contributed by atoms with Crippen LogP contribution in [0.3, 0.4) is 0 Å². The highest BCUT2D eigenvalue weighted by Gasteiger charge is 2.43. The van der Waals surface area contributed by atoms with E-state index in [9.17, 15) is 8.78 Å². The highest BCUT2D eigenvalue weighted by Crippen LogP contribution is 2.27. The average Bonchev–Trinajstić information content (AvgIpc) is 2.06. The maximum absolute atomic E-state index is 12.5. The molecule has 0 spiro atoms. The summed E-state index contributed by atoms with van der Waals surface area (Å²) in [5, 5.41) is 0. The van der Waals surface area contributed by atoms with E-state index in [0.29, 0.717) is 12.2 Å². The molecule has 1 saturated heterocycles. The summed E-state index contributed by atoms with van der Waals surface area (Å²) in [6.07, 6.45) is 0. The first-order chi connectivity index (χ1) is 6.55. The molecule has 1 aromatic carbocycles. The van der Waals surface area contributed by atoms with E-state index in [-0.39, 0.29) is 13.1 Å². The molecule has 14 heavy (non-hydrogen) atoms. The lowest BCUT2D eigenvalue weighted by Crippen LogP contribution is -2.55. The molecule has 2 N–H and O–H groups in total. The van der Waals surface area contributed by atoms with Crippen LogP contribution in [0.2, 0.25) is 0 Å². The van der Waals surface area contributed by atoms with Gasteiger partial charge in [-0.3, -0.25) is 4.90 Å². The Hall–Kier alpha value is -1.16. The van der Waals surface area contributed by atoms with Crippen molar-refractivity contribution in [1.29, 1.82) is 0 Å². The van der Waals surface area contributed by atoms with Crippen LogP contribution in [0.25, 0.3) is 0 Å². The molecule has 0 amide bonds. The minimum Gasteiger partial charge on any atom is -0.399 e. The Morgan fingerprint density at radius 3 is 2.29 bits per heavy atom. The van der Waals surface area contributed by atoms with Gasteiger partial charge in [-0.25, -0.2) is 8.78 Å². The number of nitrogen functional groups attached to an aromatic ring is 1. The smallest absolute Gasteiger partial charge is 0.272 e. The average molecular weight is 198 g/mol. The van der Waals surface area contributed by atoms with Gasteiger partial charge in [0.2, 0.25) is 0 Å². The summed E-state index contributed by atoms with van der Waals surface area (Å²) in [5.41, 5.74) is 7.23. The minimum absolute atomic E-state index is 0.128. The molecule has 0 aliphatic carbocycles. The van der Waals surface area contributed by atoms with Crippen LogP contribution in [-0.4, -0.2) is 23.9 Å². The first-order valence-corrected chi connectivity index (χ1v) is 4.50. The number of halogens is 2. The largest absolute Gasteiger partial charge is 0.399 e. The molecule has 0 atom stereocenters. The second-order valence-electron chi connectivity index (χ2n) is 3.74. The van der Waals surface area contributed by atoms with Gasteiger partial charge in [0.1, 0.15) is 0 Å². The van der Waals surface area contributed by atoms with E-state index in [1.165, 1.54) is 0 Å². The molecule has 1 aliphatic heterocycles. The van der Waals surface area contributed by atoms with E-state index < -0.39 is 5.92 Å². The second kappa shape index (κ2) is 3.20. The fourth-order valence-corrected chi connectivity index (χ4v) is 1.60. The van der Waals surface area contributed by atoms with Crippen LogP contribution in [0.5, 0.6) is 0 Å². The Bertz CT molecular complexity index is 313. The Labute approximate surface area is 81.3 Å². The van der Waals surface area contributed by atoms with E-state index >= 15 is 0 Å². The van der Waals surface area contributed by atoms with Gasteiger partial charge >= 0.3 is 0 Å². The molecule has 4 heteroatoms.